The van der Waals surface area contributed by atoms with Gasteiger partial charge in [-0.05, 0) is 68.2 Å². The smallest absolute Gasteiger partial charge is 0.421 e. The van der Waals surface area contributed by atoms with Crippen LogP contribution in [0.25, 0.3) is 0 Å². The van der Waals surface area contributed by atoms with Crippen LogP contribution < -0.4 is 25.0 Å². The molecule has 1 aromatic heterocycles. The highest BCUT2D eigenvalue weighted by atomic mass is 32.2. The topological polar surface area (TPSA) is 129 Å². The predicted octanol–water partition coefficient (Wildman–Crippen LogP) is 4.78. The third kappa shape index (κ3) is 8.54. The SMILES string of the molecule is CCN1CCCC(NC(=O)c2ccc(Nc3ncc(C(F)(F)F)c(NCc4ccc(C)cc4N(C)S(C)(=O)=O)n3)c(OC)c2)C1. The summed E-state index contributed by atoms with van der Waals surface area (Å²) >= 11 is 0. The van der Waals surface area contributed by atoms with Crippen LogP contribution in [0.15, 0.2) is 42.6 Å². The number of nitrogens with one attached hydrogen (secondary N) is 3. The molecule has 1 amide bonds. The molecule has 244 valence electrons. The molecule has 0 aliphatic carbocycles. The summed E-state index contributed by atoms with van der Waals surface area (Å²) in [4.78, 5) is 23.2. The molecule has 11 nitrogen and oxygen atoms in total. The number of likely N-dealkylation sites (tertiary alicyclic amines) is 1. The molecule has 2 aromatic carbocycles. The normalized spacial score (nSPS) is 15.8. The maximum atomic E-state index is 13.9. The number of alkyl halides is 3. The number of hydrogen-bond donors (Lipinski definition) is 3. The molecular weight excluding hydrogens is 611 g/mol. The van der Waals surface area contributed by atoms with Gasteiger partial charge in [0, 0.05) is 37.9 Å². The number of carbonyl (C=O) groups is 1. The van der Waals surface area contributed by atoms with Gasteiger partial charge >= 0.3 is 6.18 Å². The Morgan fingerprint density at radius 2 is 1.96 bits per heavy atom. The Hall–Kier alpha value is -4.11. The first-order valence-corrected chi connectivity index (χ1v) is 16.2. The van der Waals surface area contributed by atoms with E-state index in [4.69, 9.17) is 4.74 Å². The zero-order valence-electron chi connectivity index (χ0n) is 25.8. The molecule has 1 aliphatic rings. The van der Waals surface area contributed by atoms with Crippen molar-refractivity contribution in [3.63, 3.8) is 0 Å². The molecule has 45 heavy (non-hydrogen) atoms. The van der Waals surface area contributed by atoms with E-state index in [1.807, 2.05) is 0 Å². The van der Waals surface area contributed by atoms with Gasteiger partial charge in [-0.15, -0.1) is 0 Å². The predicted molar refractivity (Wildman–Crippen MR) is 168 cm³/mol. The molecule has 15 heteroatoms. The van der Waals surface area contributed by atoms with Crippen molar-refractivity contribution in [3.8, 4) is 5.75 Å². The summed E-state index contributed by atoms with van der Waals surface area (Å²) in [6, 6.07) is 9.74. The van der Waals surface area contributed by atoms with Crippen molar-refractivity contribution in [2.75, 3.05) is 55.0 Å². The summed E-state index contributed by atoms with van der Waals surface area (Å²) in [5.41, 5.74) is 1.16. The number of sulfonamides is 1. The second-order valence-electron chi connectivity index (χ2n) is 10.9. The van der Waals surface area contributed by atoms with Gasteiger partial charge in [-0.25, -0.2) is 13.4 Å². The number of ether oxygens (including phenoxy) is 1. The van der Waals surface area contributed by atoms with Gasteiger partial charge in [-0.3, -0.25) is 9.10 Å². The molecule has 4 rings (SSSR count). The monoisotopic (exact) mass is 649 g/mol. The molecule has 3 N–H and O–H groups in total. The van der Waals surface area contributed by atoms with E-state index in [0.717, 1.165) is 48.6 Å². The fraction of sp³-hybridized carbons (Fsp3) is 0.433. The Kier molecular flexibility index (Phi) is 10.4. The van der Waals surface area contributed by atoms with E-state index in [2.05, 4.69) is 37.7 Å². The van der Waals surface area contributed by atoms with E-state index < -0.39 is 27.6 Å². The number of piperidine rings is 1. The van der Waals surface area contributed by atoms with Gasteiger partial charge in [-0.1, -0.05) is 19.1 Å². The second-order valence-corrected chi connectivity index (χ2v) is 12.9. The lowest BCUT2D eigenvalue weighted by Crippen LogP contribution is -2.47. The van der Waals surface area contributed by atoms with E-state index in [1.165, 1.54) is 14.2 Å². The molecule has 0 radical (unpaired) electrons. The van der Waals surface area contributed by atoms with Crippen LogP contribution in [0.5, 0.6) is 5.75 Å². The number of anilines is 4. The standard InChI is InChI=1S/C30H38F3N7O4S/c1-6-40-13-7-8-22(18-40)36-28(41)20-11-12-24(26(15-20)44-4)37-29-35-17-23(30(31,32)33)27(38-29)34-16-21-10-9-19(2)14-25(21)39(3)45(5,42)43/h9-12,14-15,17,22H,6-8,13,16,18H2,1-5H3,(H,36,41)(H2,34,35,37,38). The van der Waals surface area contributed by atoms with Crippen LogP contribution in [-0.4, -0.2) is 75.3 Å². The van der Waals surface area contributed by atoms with Crippen molar-refractivity contribution in [1.29, 1.82) is 0 Å². The summed E-state index contributed by atoms with van der Waals surface area (Å²) in [5, 5.41) is 8.65. The molecule has 3 aromatic rings. The number of benzene rings is 2. The first kappa shape index (κ1) is 33.8. The Balaban J connectivity index is 1.56. The minimum absolute atomic E-state index is 0.0317. The van der Waals surface area contributed by atoms with Crippen molar-refractivity contribution in [2.45, 2.75) is 45.5 Å². The number of hydrogen-bond acceptors (Lipinski definition) is 9. The third-order valence-electron chi connectivity index (χ3n) is 7.62. The summed E-state index contributed by atoms with van der Waals surface area (Å²) in [6.45, 7) is 6.41. The van der Waals surface area contributed by atoms with E-state index in [9.17, 15) is 26.4 Å². The molecular formula is C30H38F3N7O4S. The average Bonchev–Trinajstić information content (AvgIpc) is 2.99. The van der Waals surface area contributed by atoms with E-state index in [0.29, 0.717) is 28.7 Å². The van der Waals surface area contributed by atoms with Crippen LogP contribution in [0.2, 0.25) is 0 Å². The van der Waals surface area contributed by atoms with Gasteiger partial charge in [0.05, 0.1) is 24.7 Å². The van der Waals surface area contributed by atoms with E-state index >= 15 is 0 Å². The molecule has 1 atom stereocenters. The Bertz CT molecular complexity index is 1640. The van der Waals surface area contributed by atoms with Gasteiger partial charge in [0.15, 0.2) is 0 Å². The second kappa shape index (κ2) is 13.9. The highest BCUT2D eigenvalue weighted by Crippen LogP contribution is 2.36. The fourth-order valence-corrected chi connectivity index (χ4v) is 5.57. The molecule has 0 saturated carbocycles. The maximum absolute atomic E-state index is 13.9. The quantitative estimate of drug-likeness (QED) is 0.269. The Morgan fingerprint density at radius 3 is 2.62 bits per heavy atom. The number of methoxy groups -OCH3 is 1. The lowest BCUT2D eigenvalue weighted by Gasteiger charge is -2.32. The third-order valence-corrected chi connectivity index (χ3v) is 8.81. The molecule has 0 bridgehead atoms. The number of aryl methyl sites for hydroxylation is 1. The minimum atomic E-state index is -4.76. The van der Waals surface area contributed by atoms with Crippen molar-refractivity contribution >= 4 is 39.1 Å². The van der Waals surface area contributed by atoms with Gasteiger partial charge in [0.1, 0.15) is 17.1 Å². The largest absolute Gasteiger partial charge is 0.495 e. The van der Waals surface area contributed by atoms with E-state index in [-0.39, 0.29) is 30.2 Å². The van der Waals surface area contributed by atoms with Gasteiger partial charge in [0.25, 0.3) is 5.91 Å². The molecule has 1 fully saturated rings. The number of nitrogens with zero attached hydrogens (tertiary/aromatic N) is 4. The van der Waals surface area contributed by atoms with Crippen LogP contribution in [0.3, 0.4) is 0 Å². The van der Waals surface area contributed by atoms with Crippen molar-refractivity contribution < 1.29 is 31.1 Å². The van der Waals surface area contributed by atoms with E-state index in [1.54, 1.807) is 43.3 Å². The van der Waals surface area contributed by atoms with Crippen LogP contribution in [0.4, 0.5) is 36.3 Å². The Labute approximate surface area is 261 Å². The average molecular weight is 650 g/mol. The van der Waals surface area contributed by atoms with Gasteiger partial charge in [0.2, 0.25) is 16.0 Å². The Morgan fingerprint density at radius 1 is 1.20 bits per heavy atom. The van der Waals surface area contributed by atoms with Crippen LogP contribution in [0.1, 0.15) is 46.8 Å². The molecule has 1 saturated heterocycles. The first-order valence-electron chi connectivity index (χ1n) is 14.4. The molecule has 2 heterocycles. The lowest BCUT2D eigenvalue weighted by atomic mass is 10.0. The lowest BCUT2D eigenvalue weighted by molar-refractivity contribution is -0.137. The zero-order valence-corrected chi connectivity index (χ0v) is 26.6. The summed E-state index contributed by atoms with van der Waals surface area (Å²) < 4.78 is 72.6. The number of carbonyl (C=O) groups excluding carboxylic acids is 1. The number of rotatable bonds is 11. The first-order chi connectivity index (χ1) is 21.2. The van der Waals surface area contributed by atoms with Crippen molar-refractivity contribution in [1.82, 2.24) is 20.2 Å². The van der Waals surface area contributed by atoms with Crippen molar-refractivity contribution in [3.05, 3.63) is 64.8 Å². The molecule has 1 unspecified atom stereocenters. The summed E-state index contributed by atoms with van der Waals surface area (Å²) in [7, 11) is -0.839. The van der Waals surface area contributed by atoms with Crippen LogP contribution >= 0.6 is 0 Å². The highest BCUT2D eigenvalue weighted by molar-refractivity contribution is 7.92. The minimum Gasteiger partial charge on any atom is -0.495 e. The molecule has 0 spiro atoms. The summed E-state index contributed by atoms with van der Waals surface area (Å²) in [5.74, 6) is -0.637. The maximum Gasteiger partial charge on any atom is 0.421 e. The number of halogens is 3. The fourth-order valence-electron chi connectivity index (χ4n) is 5.04. The number of likely N-dealkylation sites (N-methyl/N-ethyl adjacent to an activating group) is 1. The number of aromatic nitrogens is 2. The number of amides is 1. The molecule has 1 aliphatic heterocycles. The van der Waals surface area contributed by atoms with Crippen LogP contribution in [0, 0.1) is 6.92 Å². The van der Waals surface area contributed by atoms with Gasteiger partial charge < -0.3 is 25.6 Å². The summed E-state index contributed by atoms with van der Waals surface area (Å²) in [6.07, 6.45) is -1.17. The van der Waals surface area contributed by atoms with Gasteiger partial charge in [-0.2, -0.15) is 18.2 Å². The highest BCUT2D eigenvalue weighted by Gasteiger charge is 2.35. The van der Waals surface area contributed by atoms with Crippen LogP contribution in [-0.2, 0) is 22.7 Å². The zero-order chi connectivity index (χ0) is 32.9. The van der Waals surface area contributed by atoms with Crippen molar-refractivity contribution in [2.24, 2.45) is 0 Å².